The Morgan fingerprint density at radius 1 is 1.43 bits per heavy atom. The molecule has 14 heavy (non-hydrogen) atoms. The Hall–Kier alpha value is 0.130. The summed E-state index contributed by atoms with van der Waals surface area (Å²) in [7, 11) is 0. The number of carbonyl (C=O) groups is 1. The minimum atomic E-state index is -0.193. The van der Waals surface area contributed by atoms with Crippen molar-refractivity contribution in [3.8, 4) is 0 Å². The molecule has 0 aromatic heterocycles. The topological polar surface area (TPSA) is 55.6 Å². The van der Waals surface area contributed by atoms with Gasteiger partial charge in [-0.25, -0.2) is 0 Å². The molecule has 0 atom stereocenters. The number of hydrogen-bond donors (Lipinski definition) is 1. The molecular formula is C9H20AgN2O2. The number of carbonyl (C=O) groups excluding carboxylic acids is 1. The van der Waals surface area contributed by atoms with Crippen LogP contribution in [0.2, 0.25) is 0 Å². The fourth-order valence-electron chi connectivity index (χ4n) is 0.829. The van der Waals surface area contributed by atoms with Crippen LogP contribution in [0.25, 0.3) is 0 Å². The first kappa shape index (κ1) is 16.6. The van der Waals surface area contributed by atoms with Crippen molar-refractivity contribution in [3.63, 3.8) is 0 Å². The first-order valence-electron chi connectivity index (χ1n) is 4.78. The molecule has 0 heterocycles. The van der Waals surface area contributed by atoms with Gasteiger partial charge in [0.2, 0.25) is 0 Å². The van der Waals surface area contributed by atoms with Crippen molar-refractivity contribution in [2.24, 2.45) is 11.7 Å². The van der Waals surface area contributed by atoms with Crippen LogP contribution in [0.4, 0.5) is 0 Å². The van der Waals surface area contributed by atoms with Crippen molar-refractivity contribution < 1.29 is 32.0 Å². The summed E-state index contributed by atoms with van der Waals surface area (Å²) in [4.78, 5) is 16.3. The first-order valence-corrected chi connectivity index (χ1v) is 4.78. The Balaban J connectivity index is 0. The van der Waals surface area contributed by atoms with Gasteiger partial charge in [-0.15, -0.1) is 5.06 Å². The van der Waals surface area contributed by atoms with E-state index in [4.69, 9.17) is 10.6 Å². The van der Waals surface area contributed by atoms with Crippen molar-refractivity contribution in [2.75, 3.05) is 19.6 Å². The van der Waals surface area contributed by atoms with Crippen LogP contribution in [0.1, 0.15) is 27.2 Å². The van der Waals surface area contributed by atoms with E-state index in [2.05, 4.69) is 0 Å². The van der Waals surface area contributed by atoms with Crippen molar-refractivity contribution in [1.29, 1.82) is 0 Å². The second-order valence-electron chi connectivity index (χ2n) is 3.28. The molecule has 0 unspecified atom stereocenters. The molecule has 0 aliphatic carbocycles. The van der Waals surface area contributed by atoms with Gasteiger partial charge >= 0.3 is 5.97 Å². The molecule has 0 aromatic carbocycles. The molecule has 1 radical (unpaired) electrons. The van der Waals surface area contributed by atoms with Gasteiger partial charge in [0, 0.05) is 42.0 Å². The van der Waals surface area contributed by atoms with E-state index in [1.165, 1.54) is 0 Å². The van der Waals surface area contributed by atoms with E-state index in [0.717, 1.165) is 13.0 Å². The summed E-state index contributed by atoms with van der Waals surface area (Å²) in [6.07, 6.45) is 0.950. The maximum Gasteiger partial charge on any atom is 0.327 e. The molecule has 0 aromatic rings. The summed E-state index contributed by atoms with van der Waals surface area (Å²) in [5.41, 5.74) is 5.38. The van der Waals surface area contributed by atoms with E-state index in [1.54, 1.807) is 5.06 Å². The Morgan fingerprint density at radius 3 is 2.36 bits per heavy atom. The van der Waals surface area contributed by atoms with Crippen LogP contribution >= 0.6 is 0 Å². The summed E-state index contributed by atoms with van der Waals surface area (Å²) in [5, 5.41) is 1.63. The number of nitrogens with zero attached hydrogens (tertiary/aromatic N) is 1. The van der Waals surface area contributed by atoms with E-state index >= 15 is 0 Å². The second kappa shape index (κ2) is 9.68. The SMILES string of the molecule is CCCN(CCN)OC(=O)C(C)C.[Ag]. The summed E-state index contributed by atoms with van der Waals surface area (Å²) in [6.45, 7) is 7.52. The molecule has 0 amide bonds. The quantitative estimate of drug-likeness (QED) is 0.581. The molecular weight excluding hydrogens is 276 g/mol. The van der Waals surface area contributed by atoms with Gasteiger partial charge in [0.1, 0.15) is 0 Å². The van der Waals surface area contributed by atoms with Gasteiger partial charge in [-0.3, -0.25) is 4.79 Å². The Labute approximate surface area is 102 Å². The number of rotatable bonds is 6. The molecule has 0 saturated heterocycles. The average molecular weight is 296 g/mol. The molecule has 0 rings (SSSR count). The van der Waals surface area contributed by atoms with E-state index in [1.807, 2.05) is 20.8 Å². The number of hydroxylamine groups is 2. The summed E-state index contributed by atoms with van der Waals surface area (Å²) in [5.74, 6) is -0.279. The van der Waals surface area contributed by atoms with Crippen molar-refractivity contribution >= 4 is 5.97 Å². The zero-order chi connectivity index (χ0) is 10.3. The summed E-state index contributed by atoms with van der Waals surface area (Å²) in [6, 6.07) is 0. The number of nitrogens with two attached hydrogens (primary N) is 1. The van der Waals surface area contributed by atoms with Gasteiger partial charge in [-0.1, -0.05) is 20.8 Å². The van der Waals surface area contributed by atoms with Crippen LogP contribution in [0.3, 0.4) is 0 Å². The molecule has 2 N–H and O–H groups in total. The maximum absolute atomic E-state index is 11.2. The third-order valence-electron chi connectivity index (χ3n) is 1.54. The minimum absolute atomic E-state index is 0. The van der Waals surface area contributed by atoms with Gasteiger partial charge < -0.3 is 10.6 Å². The van der Waals surface area contributed by atoms with Crippen LogP contribution in [0.5, 0.6) is 0 Å². The van der Waals surface area contributed by atoms with Crippen LogP contribution in [0, 0.1) is 5.92 Å². The average Bonchev–Trinajstić information content (AvgIpc) is 2.05. The van der Waals surface area contributed by atoms with Gasteiger partial charge in [0.15, 0.2) is 0 Å². The van der Waals surface area contributed by atoms with E-state index in [0.29, 0.717) is 13.1 Å². The predicted molar refractivity (Wildman–Crippen MR) is 51.8 cm³/mol. The molecule has 5 heteroatoms. The van der Waals surface area contributed by atoms with E-state index in [-0.39, 0.29) is 34.3 Å². The minimum Gasteiger partial charge on any atom is -0.368 e. The standard InChI is InChI=1S/C9H20N2O2.Ag/c1-4-6-11(7-5-10)13-9(12)8(2)3;/h8H,4-7,10H2,1-3H3;. The Kier molecular flexibility index (Phi) is 11.4. The fraction of sp³-hybridized carbons (Fsp3) is 0.889. The van der Waals surface area contributed by atoms with Gasteiger partial charge in [0.05, 0.1) is 5.92 Å². The molecule has 0 fully saturated rings. The molecule has 0 saturated carbocycles. The van der Waals surface area contributed by atoms with Crippen LogP contribution in [0.15, 0.2) is 0 Å². The monoisotopic (exact) mass is 295 g/mol. The normalized spacial score (nSPS) is 10.1. The predicted octanol–water partition coefficient (Wildman–Crippen LogP) is 0.769. The van der Waals surface area contributed by atoms with E-state index in [9.17, 15) is 4.79 Å². The van der Waals surface area contributed by atoms with Gasteiger partial charge in [0.25, 0.3) is 0 Å². The third-order valence-corrected chi connectivity index (χ3v) is 1.54. The largest absolute Gasteiger partial charge is 0.368 e. The molecule has 0 aliphatic heterocycles. The molecule has 0 aliphatic rings. The smallest absolute Gasteiger partial charge is 0.327 e. The molecule has 4 nitrogen and oxygen atoms in total. The number of hydrogen-bond acceptors (Lipinski definition) is 4. The Morgan fingerprint density at radius 2 is 2.00 bits per heavy atom. The molecule has 89 valence electrons. The zero-order valence-electron chi connectivity index (χ0n) is 9.05. The van der Waals surface area contributed by atoms with Crippen LogP contribution in [-0.2, 0) is 32.0 Å². The first-order chi connectivity index (χ1) is 6.11. The van der Waals surface area contributed by atoms with Crippen LogP contribution in [-0.4, -0.2) is 30.7 Å². The molecule has 0 spiro atoms. The van der Waals surface area contributed by atoms with Crippen LogP contribution < -0.4 is 5.73 Å². The van der Waals surface area contributed by atoms with Gasteiger partial charge in [-0.05, 0) is 6.42 Å². The summed E-state index contributed by atoms with van der Waals surface area (Å²) >= 11 is 0. The van der Waals surface area contributed by atoms with E-state index < -0.39 is 0 Å². The summed E-state index contributed by atoms with van der Waals surface area (Å²) < 4.78 is 0. The van der Waals surface area contributed by atoms with Crippen molar-refractivity contribution in [2.45, 2.75) is 27.2 Å². The van der Waals surface area contributed by atoms with Crippen molar-refractivity contribution in [3.05, 3.63) is 0 Å². The fourth-order valence-corrected chi connectivity index (χ4v) is 0.829. The maximum atomic E-state index is 11.2. The molecule has 0 bridgehead atoms. The van der Waals surface area contributed by atoms with Crippen molar-refractivity contribution in [1.82, 2.24) is 5.06 Å². The second-order valence-corrected chi connectivity index (χ2v) is 3.28. The zero-order valence-corrected chi connectivity index (χ0v) is 10.5. The third kappa shape index (κ3) is 7.53. The Bertz CT molecular complexity index is 148. The van der Waals surface area contributed by atoms with Gasteiger partial charge in [-0.2, -0.15) is 0 Å².